The number of aromatic nitrogens is 6. The van der Waals surface area contributed by atoms with E-state index in [1.165, 1.54) is 12.8 Å². The number of aliphatic hydroxyl groups is 2. The van der Waals surface area contributed by atoms with E-state index in [4.69, 9.17) is 16.3 Å². The topological polar surface area (TPSA) is 123 Å². The van der Waals surface area contributed by atoms with Gasteiger partial charge in [-0.2, -0.15) is 15.1 Å². The number of nitrogens with zero attached hydrogens (tertiary/aromatic N) is 6. The third kappa shape index (κ3) is 3.78. The number of imidazole rings is 1. The zero-order valence-electron chi connectivity index (χ0n) is 17.4. The Labute approximate surface area is 184 Å². The van der Waals surface area contributed by atoms with E-state index in [9.17, 15) is 10.2 Å². The Bertz CT molecular complexity index is 1090. The summed E-state index contributed by atoms with van der Waals surface area (Å²) in [6, 6.07) is 2.29. The van der Waals surface area contributed by atoms with E-state index in [1.54, 1.807) is 15.6 Å². The van der Waals surface area contributed by atoms with Gasteiger partial charge in [-0.15, -0.1) is 0 Å². The van der Waals surface area contributed by atoms with Gasteiger partial charge in [0.2, 0.25) is 5.28 Å². The second kappa shape index (κ2) is 8.01. The van der Waals surface area contributed by atoms with Crippen molar-refractivity contribution >= 4 is 28.6 Å². The first kappa shape index (κ1) is 20.6. The normalized spacial score (nSPS) is 26.9. The minimum absolute atomic E-state index is 0.0852. The number of halogens is 1. The highest BCUT2D eigenvalue weighted by Crippen LogP contribution is 2.34. The van der Waals surface area contributed by atoms with E-state index in [0.717, 1.165) is 24.2 Å². The number of anilines is 1. The van der Waals surface area contributed by atoms with E-state index in [0.29, 0.717) is 29.6 Å². The maximum Gasteiger partial charge on any atom is 0.226 e. The third-order valence-electron chi connectivity index (χ3n) is 6.16. The first-order chi connectivity index (χ1) is 14.9. The molecule has 0 bridgehead atoms. The monoisotopic (exact) mass is 447 g/mol. The van der Waals surface area contributed by atoms with Gasteiger partial charge in [-0.05, 0) is 44.4 Å². The molecule has 10 nitrogen and oxygen atoms in total. The van der Waals surface area contributed by atoms with Gasteiger partial charge < -0.3 is 20.3 Å². The van der Waals surface area contributed by atoms with Crippen molar-refractivity contribution in [2.75, 3.05) is 5.32 Å². The number of rotatable bonds is 5. The summed E-state index contributed by atoms with van der Waals surface area (Å²) in [6.07, 6.45) is 2.34. The van der Waals surface area contributed by atoms with Gasteiger partial charge in [0.15, 0.2) is 23.2 Å². The minimum atomic E-state index is -1.15. The van der Waals surface area contributed by atoms with Crippen LogP contribution >= 0.6 is 11.6 Å². The summed E-state index contributed by atoms with van der Waals surface area (Å²) in [6.45, 7) is 4.17. The van der Waals surface area contributed by atoms with Gasteiger partial charge in [-0.1, -0.05) is 12.8 Å². The molecule has 3 aromatic rings. The summed E-state index contributed by atoms with van der Waals surface area (Å²) in [4.78, 5) is 13.1. The first-order valence-electron chi connectivity index (χ1n) is 10.6. The number of aryl methyl sites for hydroxylation is 2. The highest BCUT2D eigenvalue weighted by atomic mass is 35.5. The van der Waals surface area contributed by atoms with Crippen molar-refractivity contribution in [3.63, 3.8) is 0 Å². The summed E-state index contributed by atoms with van der Waals surface area (Å²) in [5, 5.41) is 29.3. The number of hydrogen-bond donors (Lipinski definition) is 3. The van der Waals surface area contributed by atoms with Gasteiger partial charge in [-0.25, -0.2) is 4.98 Å². The average Bonchev–Trinajstić information content (AvgIpc) is 3.48. The molecular formula is C20H26ClN7O3. The van der Waals surface area contributed by atoms with Crippen LogP contribution in [0.4, 0.5) is 5.82 Å². The maximum absolute atomic E-state index is 10.7. The lowest BCUT2D eigenvalue weighted by Crippen LogP contribution is -2.34. The van der Waals surface area contributed by atoms with Crippen molar-refractivity contribution in [3.8, 4) is 0 Å². The van der Waals surface area contributed by atoms with Gasteiger partial charge in [-0.3, -0.25) is 9.25 Å². The fourth-order valence-electron chi connectivity index (χ4n) is 4.58. The van der Waals surface area contributed by atoms with Crippen LogP contribution in [0.5, 0.6) is 0 Å². The molecule has 11 heteroatoms. The second-order valence-electron chi connectivity index (χ2n) is 8.45. The molecule has 2 aliphatic rings. The van der Waals surface area contributed by atoms with E-state index in [2.05, 4.69) is 25.4 Å². The predicted molar refractivity (Wildman–Crippen MR) is 114 cm³/mol. The summed E-state index contributed by atoms with van der Waals surface area (Å²) in [5.74, 6) is 0.577. The Morgan fingerprint density at radius 1 is 1.19 bits per heavy atom. The molecule has 0 unspecified atom stereocenters. The van der Waals surface area contributed by atoms with Gasteiger partial charge >= 0.3 is 0 Å². The SMILES string of the molecule is Cc1cc(C)n(C[C@H]2O[C@@H](n3cnc4c(NC5CCCC5)nc(Cl)nc43)[C@H](O)[C@@H]2O)n1. The number of aliphatic hydroxyl groups excluding tert-OH is 2. The largest absolute Gasteiger partial charge is 0.387 e. The summed E-state index contributed by atoms with van der Waals surface area (Å²) in [5.41, 5.74) is 2.85. The first-order valence-corrected chi connectivity index (χ1v) is 11.0. The molecule has 0 amide bonds. The fraction of sp³-hybridized carbons (Fsp3) is 0.600. The molecule has 2 fully saturated rings. The van der Waals surface area contributed by atoms with Gasteiger partial charge in [0.1, 0.15) is 18.3 Å². The minimum Gasteiger partial charge on any atom is -0.387 e. The molecule has 5 rings (SSSR count). The Balaban J connectivity index is 1.43. The zero-order chi connectivity index (χ0) is 21.7. The molecule has 3 N–H and O–H groups in total. The zero-order valence-corrected chi connectivity index (χ0v) is 18.2. The lowest BCUT2D eigenvalue weighted by Gasteiger charge is -2.17. The average molecular weight is 448 g/mol. The standard InChI is InChI=1S/C20H26ClN7O3/c1-10-7-11(2)28(26-10)8-13-15(29)16(30)19(31-13)27-9-22-14-17(23-12-5-3-4-6-12)24-20(21)25-18(14)27/h7,9,12-13,15-16,19,29-30H,3-6,8H2,1-2H3,(H,23,24,25)/t13-,15-,16-,19-/m1/s1. The molecular weight excluding hydrogens is 422 g/mol. The molecule has 1 saturated heterocycles. The highest BCUT2D eigenvalue weighted by Gasteiger charge is 2.44. The van der Waals surface area contributed by atoms with Crippen LogP contribution in [-0.2, 0) is 11.3 Å². The molecule has 31 heavy (non-hydrogen) atoms. The van der Waals surface area contributed by atoms with Crippen LogP contribution in [0.2, 0.25) is 5.28 Å². The van der Waals surface area contributed by atoms with Crippen molar-refractivity contribution in [1.29, 1.82) is 0 Å². The van der Waals surface area contributed by atoms with Crippen LogP contribution in [-0.4, -0.2) is 63.9 Å². The maximum atomic E-state index is 10.7. The van der Waals surface area contributed by atoms with Crippen LogP contribution < -0.4 is 5.32 Å². The van der Waals surface area contributed by atoms with Gasteiger partial charge in [0, 0.05) is 11.7 Å². The second-order valence-corrected chi connectivity index (χ2v) is 8.78. The predicted octanol–water partition coefficient (Wildman–Crippen LogP) is 1.97. The van der Waals surface area contributed by atoms with E-state index >= 15 is 0 Å². The molecule has 4 atom stereocenters. The quantitative estimate of drug-likeness (QED) is 0.507. The smallest absolute Gasteiger partial charge is 0.226 e. The Morgan fingerprint density at radius 3 is 2.68 bits per heavy atom. The lowest BCUT2D eigenvalue weighted by atomic mass is 10.1. The van der Waals surface area contributed by atoms with Crippen molar-refractivity contribution < 1.29 is 14.9 Å². The van der Waals surface area contributed by atoms with Crippen molar-refractivity contribution in [1.82, 2.24) is 29.3 Å². The number of ether oxygens (including phenoxy) is 1. The third-order valence-corrected chi connectivity index (χ3v) is 6.33. The molecule has 0 aromatic carbocycles. The van der Waals surface area contributed by atoms with Crippen molar-refractivity contribution in [2.24, 2.45) is 0 Å². The van der Waals surface area contributed by atoms with Crippen LogP contribution in [0.1, 0.15) is 43.3 Å². The number of fused-ring (bicyclic) bond motifs is 1. The Hall–Kier alpha value is -2.27. The summed E-state index contributed by atoms with van der Waals surface area (Å²) in [7, 11) is 0. The molecule has 1 aliphatic heterocycles. The lowest BCUT2D eigenvalue weighted by molar-refractivity contribution is -0.0404. The van der Waals surface area contributed by atoms with E-state index < -0.39 is 24.5 Å². The molecule has 0 radical (unpaired) electrons. The Morgan fingerprint density at radius 2 is 1.97 bits per heavy atom. The summed E-state index contributed by atoms with van der Waals surface area (Å²) >= 11 is 6.20. The van der Waals surface area contributed by atoms with Crippen molar-refractivity contribution in [2.45, 2.75) is 76.7 Å². The molecule has 1 aliphatic carbocycles. The van der Waals surface area contributed by atoms with Crippen LogP contribution in [0.25, 0.3) is 11.2 Å². The van der Waals surface area contributed by atoms with Crippen LogP contribution in [0.15, 0.2) is 12.4 Å². The van der Waals surface area contributed by atoms with E-state index in [1.807, 2.05) is 19.9 Å². The molecule has 0 spiro atoms. The Kier molecular flexibility index (Phi) is 5.33. The molecule has 166 valence electrons. The molecule has 4 heterocycles. The van der Waals surface area contributed by atoms with Crippen molar-refractivity contribution in [3.05, 3.63) is 29.1 Å². The molecule has 3 aromatic heterocycles. The van der Waals surface area contributed by atoms with Crippen LogP contribution in [0, 0.1) is 13.8 Å². The number of hydrogen-bond acceptors (Lipinski definition) is 8. The summed E-state index contributed by atoms with van der Waals surface area (Å²) < 4.78 is 9.44. The fourth-order valence-corrected chi connectivity index (χ4v) is 4.74. The van der Waals surface area contributed by atoms with Crippen LogP contribution in [0.3, 0.4) is 0 Å². The molecule has 1 saturated carbocycles. The van der Waals surface area contributed by atoms with Gasteiger partial charge in [0.25, 0.3) is 0 Å². The number of nitrogens with one attached hydrogen (secondary N) is 1. The van der Waals surface area contributed by atoms with E-state index in [-0.39, 0.29) is 5.28 Å². The van der Waals surface area contributed by atoms with Gasteiger partial charge in [0.05, 0.1) is 18.6 Å². The highest BCUT2D eigenvalue weighted by molar-refractivity contribution is 6.28.